The smallest absolute Gasteiger partial charge is 0.226 e. The highest BCUT2D eigenvalue weighted by Crippen LogP contribution is 2.29. The molecule has 154 valence electrons. The van der Waals surface area contributed by atoms with Crippen molar-refractivity contribution in [3.63, 3.8) is 0 Å². The fourth-order valence-corrected chi connectivity index (χ4v) is 4.79. The molecule has 1 saturated heterocycles. The van der Waals surface area contributed by atoms with E-state index in [-0.39, 0.29) is 5.91 Å². The van der Waals surface area contributed by atoms with Crippen molar-refractivity contribution in [2.45, 2.75) is 51.0 Å². The van der Waals surface area contributed by atoms with Crippen molar-refractivity contribution in [1.82, 2.24) is 25.0 Å². The number of likely N-dealkylation sites (tertiary alicyclic amines) is 1. The van der Waals surface area contributed by atoms with Gasteiger partial charge in [0.1, 0.15) is 17.4 Å². The summed E-state index contributed by atoms with van der Waals surface area (Å²) in [6.07, 6.45) is 5.45. The van der Waals surface area contributed by atoms with Gasteiger partial charge < -0.3 is 19.5 Å². The largest absolute Gasteiger partial charge is 0.493 e. The Morgan fingerprint density at radius 3 is 2.93 bits per heavy atom. The van der Waals surface area contributed by atoms with E-state index in [2.05, 4.69) is 26.1 Å². The molecule has 0 atom stereocenters. The molecule has 1 aromatic heterocycles. The zero-order chi connectivity index (χ0) is 19.6. The van der Waals surface area contributed by atoms with Crippen LogP contribution in [0, 0.1) is 0 Å². The first-order chi connectivity index (χ1) is 14.3. The molecule has 0 bridgehead atoms. The Kier molecular flexibility index (Phi) is 5.23. The maximum absolute atomic E-state index is 12.9. The van der Waals surface area contributed by atoms with Crippen LogP contribution >= 0.6 is 0 Å². The first-order valence-corrected chi connectivity index (χ1v) is 10.9. The SMILES string of the molecule is O=C(Cc1ccc2c(c1)CCCO2)N1CCC(c2nnc3n2CCNCC3)CC1. The molecular formula is C22H29N5O2. The molecule has 4 heterocycles. The number of fused-ring (bicyclic) bond motifs is 2. The number of hydrogen-bond acceptors (Lipinski definition) is 5. The van der Waals surface area contributed by atoms with Crippen molar-refractivity contribution in [1.29, 1.82) is 0 Å². The summed E-state index contributed by atoms with van der Waals surface area (Å²) in [5.41, 5.74) is 2.33. The molecule has 0 aliphatic carbocycles. The highest BCUT2D eigenvalue weighted by Gasteiger charge is 2.28. The summed E-state index contributed by atoms with van der Waals surface area (Å²) < 4.78 is 7.98. The van der Waals surface area contributed by atoms with Gasteiger partial charge in [-0.25, -0.2) is 0 Å². The van der Waals surface area contributed by atoms with E-state index in [0.29, 0.717) is 12.3 Å². The van der Waals surface area contributed by atoms with Crippen LogP contribution in [-0.2, 0) is 30.6 Å². The van der Waals surface area contributed by atoms with Crippen LogP contribution in [-0.4, -0.2) is 58.4 Å². The lowest BCUT2D eigenvalue weighted by Gasteiger charge is -2.32. The number of ether oxygens (including phenoxy) is 1. The summed E-state index contributed by atoms with van der Waals surface area (Å²) in [6, 6.07) is 6.21. The van der Waals surface area contributed by atoms with Crippen LogP contribution < -0.4 is 10.1 Å². The van der Waals surface area contributed by atoms with E-state index in [1.54, 1.807) is 0 Å². The highest BCUT2D eigenvalue weighted by atomic mass is 16.5. The second-order valence-electron chi connectivity index (χ2n) is 8.35. The average molecular weight is 396 g/mol. The molecule has 7 heteroatoms. The zero-order valence-electron chi connectivity index (χ0n) is 16.9. The molecule has 1 amide bonds. The van der Waals surface area contributed by atoms with E-state index in [4.69, 9.17) is 4.74 Å². The summed E-state index contributed by atoms with van der Waals surface area (Å²) in [7, 11) is 0. The molecule has 1 N–H and O–H groups in total. The predicted octanol–water partition coefficient (Wildman–Crippen LogP) is 1.70. The van der Waals surface area contributed by atoms with Gasteiger partial charge in [-0.2, -0.15) is 0 Å². The van der Waals surface area contributed by atoms with Gasteiger partial charge >= 0.3 is 0 Å². The van der Waals surface area contributed by atoms with Gasteiger partial charge in [0.05, 0.1) is 13.0 Å². The minimum Gasteiger partial charge on any atom is -0.493 e. The van der Waals surface area contributed by atoms with Gasteiger partial charge in [-0.05, 0) is 42.9 Å². The summed E-state index contributed by atoms with van der Waals surface area (Å²) >= 11 is 0. The summed E-state index contributed by atoms with van der Waals surface area (Å²) in [4.78, 5) is 14.9. The first kappa shape index (κ1) is 18.6. The third kappa shape index (κ3) is 3.88. The van der Waals surface area contributed by atoms with E-state index in [1.807, 2.05) is 17.0 Å². The third-order valence-electron chi connectivity index (χ3n) is 6.43. The Labute approximate surface area is 171 Å². The zero-order valence-corrected chi connectivity index (χ0v) is 16.9. The number of aryl methyl sites for hydroxylation is 1. The number of carbonyl (C=O) groups is 1. The maximum atomic E-state index is 12.9. The first-order valence-electron chi connectivity index (χ1n) is 10.9. The molecule has 3 aliphatic heterocycles. The van der Waals surface area contributed by atoms with Crippen molar-refractivity contribution in [2.24, 2.45) is 0 Å². The minimum atomic E-state index is 0.226. The molecule has 0 unspecified atom stereocenters. The number of rotatable bonds is 3. The van der Waals surface area contributed by atoms with Crippen LogP contribution in [0.1, 0.15) is 48.0 Å². The molecule has 0 radical (unpaired) electrons. The van der Waals surface area contributed by atoms with Crippen LogP contribution in [0.5, 0.6) is 5.75 Å². The molecule has 0 spiro atoms. The van der Waals surface area contributed by atoms with E-state index in [9.17, 15) is 4.79 Å². The van der Waals surface area contributed by atoms with Crippen molar-refractivity contribution in [3.8, 4) is 5.75 Å². The number of nitrogens with zero attached hydrogens (tertiary/aromatic N) is 4. The average Bonchev–Trinajstić information content (AvgIpc) is 3.02. The minimum absolute atomic E-state index is 0.226. The van der Waals surface area contributed by atoms with Crippen molar-refractivity contribution in [3.05, 3.63) is 41.0 Å². The number of carbonyl (C=O) groups excluding carboxylic acids is 1. The Hall–Kier alpha value is -2.41. The highest BCUT2D eigenvalue weighted by molar-refractivity contribution is 5.79. The Morgan fingerprint density at radius 1 is 1.14 bits per heavy atom. The van der Waals surface area contributed by atoms with Crippen LogP contribution in [0.4, 0.5) is 0 Å². The van der Waals surface area contributed by atoms with E-state index in [0.717, 1.165) is 94.4 Å². The second kappa shape index (κ2) is 8.14. The molecule has 1 fully saturated rings. The predicted molar refractivity (Wildman–Crippen MR) is 109 cm³/mol. The topological polar surface area (TPSA) is 72.3 Å². The Morgan fingerprint density at radius 2 is 2.03 bits per heavy atom. The Bertz CT molecular complexity index is 885. The lowest BCUT2D eigenvalue weighted by atomic mass is 9.95. The number of aromatic nitrogens is 3. The molecule has 3 aliphatic rings. The molecule has 29 heavy (non-hydrogen) atoms. The summed E-state index contributed by atoms with van der Waals surface area (Å²) in [6.45, 7) is 5.29. The van der Waals surface area contributed by atoms with Crippen molar-refractivity contribution >= 4 is 5.91 Å². The fraction of sp³-hybridized carbons (Fsp3) is 0.591. The number of piperidine rings is 1. The monoisotopic (exact) mass is 395 g/mol. The molecule has 5 rings (SSSR count). The molecule has 2 aromatic rings. The lowest BCUT2D eigenvalue weighted by Crippen LogP contribution is -2.39. The lowest BCUT2D eigenvalue weighted by molar-refractivity contribution is -0.131. The van der Waals surface area contributed by atoms with Gasteiger partial charge in [0.25, 0.3) is 0 Å². The molecule has 0 saturated carbocycles. The number of hydrogen-bond donors (Lipinski definition) is 1. The van der Waals surface area contributed by atoms with Gasteiger partial charge in [0.2, 0.25) is 5.91 Å². The Balaban J connectivity index is 1.20. The van der Waals surface area contributed by atoms with Gasteiger partial charge in [-0.15, -0.1) is 10.2 Å². The van der Waals surface area contributed by atoms with Crippen LogP contribution in [0.25, 0.3) is 0 Å². The molecule has 7 nitrogen and oxygen atoms in total. The van der Waals surface area contributed by atoms with E-state index in [1.165, 1.54) is 5.56 Å². The number of nitrogens with one attached hydrogen (secondary N) is 1. The second-order valence-corrected chi connectivity index (χ2v) is 8.35. The molecule has 1 aromatic carbocycles. The normalized spacial score (nSPS) is 19.8. The standard InChI is InChI=1S/C22H29N5O2/c28-21(15-16-3-4-19-18(14-16)2-1-13-29-19)26-10-6-17(7-11-26)22-25-24-20-5-8-23-9-12-27(20)22/h3-4,14,17,23H,1-2,5-13,15H2. The summed E-state index contributed by atoms with van der Waals surface area (Å²) in [5.74, 6) is 3.82. The molecular weight excluding hydrogens is 366 g/mol. The third-order valence-corrected chi connectivity index (χ3v) is 6.43. The quantitative estimate of drug-likeness (QED) is 0.856. The van der Waals surface area contributed by atoms with Gasteiger partial charge in [0, 0.05) is 45.1 Å². The number of benzene rings is 1. The van der Waals surface area contributed by atoms with E-state index < -0.39 is 0 Å². The number of amides is 1. The van der Waals surface area contributed by atoms with Gasteiger partial charge in [-0.3, -0.25) is 4.79 Å². The van der Waals surface area contributed by atoms with Crippen LogP contribution in [0.2, 0.25) is 0 Å². The fourth-order valence-electron chi connectivity index (χ4n) is 4.79. The summed E-state index contributed by atoms with van der Waals surface area (Å²) in [5, 5.41) is 12.4. The van der Waals surface area contributed by atoms with Crippen LogP contribution in [0.3, 0.4) is 0 Å². The van der Waals surface area contributed by atoms with Gasteiger partial charge in [0.15, 0.2) is 0 Å². The van der Waals surface area contributed by atoms with Gasteiger partial charge in [-0.1, -0.05) is 12.1 Å². The van der Waals surface area contributed by atoms with Crippen molar-refractivity contribution in [2.75, 3.05) is 32.8 Å². The maximum Gasteiger partial charge on any atom is 0.226 e. The van der Waals surface area contributed by atoms with E-state index >= 15 is 0 Å². The van der Waals surface area contributed by atoms with Crippen molar-refractivity contribution < 1.29 is 9.53 Å². The van der Waals surface area contributed by atoms with Crippen LogP contribution in [0.15, 0.2) is 18.2 Å².